The summed E-state index contributed by atoms with van der Waals surface area (Å²) in [6.45, 7) is 4.36. The summed E-state index contributed by atoms with van der Waals surface area (Å²) in [4.78, 5) is 10.6. The number of hydrogen-bond donors (Lipinski definition) is 1. The SMILES string of the molecule is CC[C@H](C)Cc1ccc(C(=O)O)cc1. The fourth-order valence-corrected chi connectivity index (χ4v) is 1.33. The van der Waals surface area contributed by atoms with Crippen LogP contribution in [-0.2, 0) is 6.42 Å². The molecule has 14 heavy (non-hydrogen) atoms. The number of aromatic carboxylic acids is 1. The second kappa shape index (κ2) is 4.80. The average Bonchev–Trinajstić information content (AvgIpc) is 2.18. The first-order chi connectivity index (χ1) is 6.63. The summed E-state index contributed by atoms with van der Waals surface area (Å²) >= 11 is 0. The van der Waals surface area contributed by atoms with E-state index in [-0.39, 0.29) is 0 Å². The Hall–Kier alpha value is -1.31. The van der Waals surface area contributed by atoms with E-state index in [1.807, 2.05) is 12.1 Å². The summed E-state index contributed by atoms with van der Waals surface area (Å²) in [6.07, 6.45) is 2.18. The number of carboxylic acids is 1. The molecule has 0 saturated carbocycles. The van der Waals surface area contributed by atoms with E-state index in [9.17, 15) is 4.79 Å². The molecule has 2 heteroatoms. The number of carboxylic acid groups (broad SMARTS) is 1. The standard InChI is InChI=1S/C12H16O2/c1-3-9(2)8-10-4-6-11(7-5-10)12(13)14/h4-7,9H,3,8H2,1-2H3,(H,13,14)/t9-/m0/s1. The molecule has 0 aromatic heterocycles. The molecular formula is C12H16O2. The smallest absolute Gasteiger partial charge is 0.335 e. The van der Waals surface area contributed by atoms with Gasteiger partial charge in [-0.15, -0.1) is 0 Å². The van der Waals surface area contributed by atoms with Crippen molar-refractivity contribution in [2.75, 3.05) is 0 Å². The zero-order valence-electron chi connectivity index (χ0n) is 8.66. The lowest BCUT2D eigenvalue weighted by molar-refractivity contribution is 0.0697. The van der Waals surface area contributed by atoms with Gasteiger partial charge in [0.15, 0.2) is 0 Å². The van der Waals surface area contributed by atoms with Gasteiger partial charge in [0.25, 0.3) is 0 Å². The van der Waals surface area contributed by atoms with Gasteiger partial charge in [-0.05, 0) is 30.0 Å². The van der Waals surface area contributed by atoms with Crippen LogP contribution < -0.4 is 0 Å². The van der Waals surface area contributed by atoms with Crippen LogP contribution in [0.2, 0.25) is 0 Å². The van der Waals surface area contributed by atoms with Gasteiger partial charge in [-0.3, -0.25) is 0 Å². The lowest BCUT2D eigenvalue weighted by atomic mass is 9.98. The van der Waals surface area contributed by atoms with Gasteiger partial charge in [-0.2, -0.15) is 0 Å². The Morgan fingerprint density at radius 1 is 1.36 bits per heavy atom. The summed E-state index contributed by atoms with van der Waals surface area (Å²) in [5.41, 5.74) is 1.57. The molecular weight excluding hydrogens is 176 g/mol. The van der Waals surface area contributed by atoms with Crippen molar-refractivity contribution < 1.29 is 9.90 Å². The maximum Gasteiger partial charge on any atom is 0.335 e. The van der Waals surface area contributed by atoms with E-state index in [1.54, 1.807) is 12.1 Å². The minimum atomic E-state index is -0.861. The maximum atomic E-state index is 10.6. The maximum absolute atomic E-state index is 10.6. The highest BCUT2D eigenvalue weighted by molar-refractivity contribution is 5.87. The molecule has 0 radical (unpaired) electrons. The largest absolute Gasteiger partial charge is 0.478 e. The number of carbonyl (C=O) groups is 1. The van der Waals surface area contributed by atoms with E-state index in [0.717, 1.165) is 12.8 Å². The second-order valence-electron chi connectivity index (χ2n) is 3.72. The topological polar surface area (TPSA) is 37.3 Å². The summed E-state index contributed by atoms with van der Waals surface area (Å²) in [7, 11) is 0. The summed E-state index contributed by atoms with van der Waals surface area (Å²) in [5, 5.41) is 8.70. The van der Waals surface area contributed by atoms with Gasteiger partial charge in [0, 0.05) is 0 Å². The molecule has 0 amide bonds. The van der Waals surface area contributed by atoms with Crippen molar-refractivity contribution in [2.45, 2.75) is 26.7 Å². The fourth-order valence-electron chi connectivity index (χ4n) is 1.33. The van der Waals surface area contributed by atoms with Crippen molar-refractivity contribution >= 4 is 5.97 Å². The average molecular weight is 192 g/mol. The second-order valence-corrected chi connectivity index (χ2v) is 3.72. The summed E-state index contributed by atoms with van der Waals surface area (Å²) in [6, 6.07) is 7.13. The predicted molar refractivity (Wildman–Crippen MR) is 56.6 cm³/mol. The molecule has 1 rings (SSSR count). The Kier molecular flexibility index (Phi) is 3.69. The van der Waals surface area contributed by atoms with Gasteiger partial charge >= 0.3 is 5.97 Å². The molecule has 0 fully saturated rings. The zero-order valence-corrected chi connectivity index (χ0v) is 8.66. The van der Waals surface area contributed by atoms with Crippen LogP contribution in [-0.4, -0.2) is 11.1 Å². The van der Waals surface area contributed by atoms with Gasteiger partial charge in [-0.25, -0.2) is 4.79 Å². The quantitative estimate of drug-likeness (QED) is 0.796. The lowest BCUT2D eigenvalue weighted by Gasteiger charge is -2.07. The van der Waals surface area contributed by atoms with Crippen LogP contribution in [0.1, 0.15) is 36.2 Å². The highest BCUT2D eigenvalue weighted by Crippen LogP contribution is 2.12. The molecule has 76 valence electrons. The molecule has 0 saturated heterocycles. The third kappa shape index (κ3) is 2.87. The molecule has 1 aromatic rings. The van der Waals surface area contributed by atoms with Crippen LogP contribution >= 0.6 is 0 Å². The minimum Gasteiger partial charge on any atom is -0.478 e. The van der Waals surface area contributed by atoms with Crippen molar-refractivity contribution in [2.24, 2.45) is 5.92 Å². The van der Waals surface area contributed by atoms with E-state index >= 15 is 0 Å². The monoisotopic (exact) mass is 192 g/mol. The van der Waals surface area contributed by atoms with Gasteiger partial charge in [0.05, 0.1) is 5.56 Å². The molecule has 0 aliphatic rings. The number of hydrogen-bond acceptors (Lipinski definition) is 1. The number of rotatable bonds is 4. The lowest BCUT2D eigenvalue weighted by Crippen LogP contribution is -1.99. The van der Waals surface area contributed by atoms with Crippen molar-refractivity contribution in [1.29, 1.82) is 0 Å². The minimum absolute atomic E-state index is 0.359. The summed E-state index contributed by atoms with van der Waals surface area (Å²) < 4.78 is 0. The molecule has 0 heterocycles. The van der Waals surface area contributed by atoms with Crippen LogP contribution in [0.5, 0.6) is 0 Å². The zero-order chi connectivity index (χ0) is 10.6. The first kappa shape index (κ1) is 10.8. The van der Waals surface area contributed by atoms with Crippen molar-refractivity contribution in [3.8, 4) is 0 Å². The molecule has 1 N–H and O–H groups in total. The Bertz CT molecular complexity index is 301. The Morgan fingerprint density at radius 2 is 1.93 bits per heavy atom. The fraction of sp³-hybridized carbons (Fsp3) is 0.417. The summed E-state index contributed by atoms with van der Waals surface area (Å²) in [5.74, 6) is -0.203. The first-order valence-electron chi connectivity index (χ1n) is 4.95. The molecule has 0 bridgehead atoms. The van der Waals surface area contributed by atoms with Crippen LogP contribution in [0.3, 0.4) is 0 Å². The van der Waals surface area contributed by atoms with E-state index in [2.05, 4.69) is 13.8 Å². The van der Waals surface area contributed by atoms with Crippen LogP contribution in [0.25, 0.3) is 0 Å². The molecule has 0 unspecified atom stereocenters. The normalized spacial score (nSPS) is 12.4. The third-order valence-electron chi connectivity index (χ3n) is 2.48. The molecule has 0 spiro atoms. The van der Waals surface area contributed by atoms with Crippen LogP contribution in [0, 0.1) is 5.92 Å². The molecule has 1 aromatic carbocycles. The van der Waals surface area contributed by atoms with Crippen molar-refractivity contribution in [3.63, 3.8) is 0 Å². The first-order valence-corrected chi connectivity index (χ1v) is 4.95. The Balaban J connectivity index is 2.68. The van der Waals surface area contributed by atoms with Crippen molar-refractivity contribution in [3.05, 3.63) is 35.4 Å². The Labute approximate surface area is 84.6 Å². The highest BCUT2D eigenvalue weighted by Gasteiger charge is 2.03. The molecule has 2 nitrogen and oxygen atoms in total. The predicted octanol–water partition coefficient (Wildman–Crippen LogP) is 2.97. The highest BCUT2D eigenvalue weighted by atomic mass is 16.4. The van der Waals surface area contributed by atoms with Crippen molar-refractivity contribution in [1.82, 2.24) is 0 Å². The van der Waals surface area contributed by atoms with Gasteiger partial charge in [-0.1, -0.05) is 32.4 Å². The van der Waals surface area contributed by atoms with Gasteiger partial charge < -0.3 is 5.11 Å². The van der Waals surface area contributed by atoms with E-state index in [4.69, 9.17) is 5.11 Å². The van der Waals surface area contributed by atoms with E-state index < -0.39 is 5.97 Å². The van der Waals surface area contributed by atoms with Gasteiger partial charge in [0.2, 0.25) is 0 Å². The Morgan fingerprint density at radius 3 is 2.36 bits per heavy atom. The number of benzene rings is 1. The van der Waals surface area contributed by atoms with Crippen LogP contribution in [0.4, 0.5) is 0 Å². The van der Waals surface area contributed by atoms with E-state index in [0.29, 0.717) is 11.5 Å². The third-order valence-corrected chi connectivity index (χ3v) is 2.48. The van der Waals surface area contributed by atoms with E-state index in [1.165, 1.54) is 5.56 Å². The molecule has 0 aliphatic heterocycles. The van der Waals surface area contributed by atoms with Gasteiger partial charge in [0.1, 0.15) is 0 Å². The van der Waals surface area contributed by atoms with Crippen LogP contribution in [0.15, 0.2) is 24.3 Å². The molecule has 0 aliphatic carbocycles. The molecule has 1 atom stereocenters.